The molecule has 1 unspecified atom stereocenters. The van der Waals surface area contributed by atoms with Gasteiger partial charge in [-0.15, -0.1) is 0 Å². The molecule has 37 heavy (non-hydrogen) atoms. The van der Waals surface area contributed by atoms with Crippen molar-refractivity contribution >= 4 is 29.0 Å². The van der Waals surface area contributed by atoms with Crippen LogP contribution in [0.2, 0.25) is 6.04 Å². The van der Waals surface area contributed by atoms with Gasteiger partial charge in [0.1, 0.15) is 0 Å². The van der Waals surface area contributed by atoms with Crippen molar-refractivity contribution in [2.45, 2.75) is 59.2 Å². The molecule has 0 amide bonds. The summed E-state index contributed by atoms with van der Waals surface area (Å²) in [5.41, 5.74) is 7.27. The molecule has 3 N–H and O–H groups in total. The lowest BCUT2D eigenvalue weighted by molar-refractivity contribution is 0.0711. The summed E-state index contributed by atoms with van der Waals surface area (Å²) >= 11 is 0. The minimum absolute atomic E-state index is 0.0462. The van der Waals surface area contributed by atoms with E-state index in [1.54, 1.807) is 21.3 Å². The Hall–Kier alpha value is -1.77. The highest BCUT2D eigenvalue weighted by Gasteiger charge is 2.46. The van der Waals surface area contributed by atoms with Gasteiger partial charge >= 0.3 is 17.6 Å². The van der Waals surface area contributed by atoms with Gasteiger partial charge in [-0.3, -0.25) is 0 Å². The summed E-state index contributed by atoms with van der Waals surface area (Å²) in [4.78, 5) is 0. The third kappa shape index (κ3) is 13.6. The van der Waals surface area contributed by atoms with Crippen LogP contribution in [-0.2, 0) is 26.6 Å². The quantitative estimate of drug-likeness (QED) is 0.204. The van der Waals surface area contributed by atoms with Crippen molar-refractivity contribution in [2.24, 2.45) is 0 Å². The SMILES string of the molecule is CCC(Nc1ccccc1)[Si](OC)(OC)OC.CCC[Si](OCC)(OCC)OCC.Nc1ccccc1. The first-order valence-corrected chi connectivity index (χ1v) is 16.8. The Morgan fingerprint density at radius 3 is 1.43 bits per heavy atom. The predicted octanol–water partition coefficient (Wildman–Crippen LogP) is 6.01. The van der Waals surface area contributed by atoms with Gasteiger partial charge in [0.25, 0.3) is 0 Å². The van der Waals surface area contributed by atoms with E-state index in [-0.39, 0.29) is 5.67 Å². The number of hydrogen-bond acceptors (Lipinski definition) is 8. The molecular weight excluding hydrogens is 504 g/mol. The maximum absolute atomic E-state index is 5.65. The first-order chi connectivity index (χ1) is 17.9. The van der Waals surface area contributed by atoms with E-state index in [2.05, 4.69) is 19.2 Å². The molecule has 0 aliphatic rings. The second kappa shape index (κ2) is 21.2. The molecule has 0 heterocycles. The van der Waals surface area contributed by atoms with Crippen molar-refractivity contribution in [1.82, 2.24) is 0 Å². The van der Waals surface area contributed by atoms with Gasteiger partial charge in [0.15, 0.2) is 0 Å². The monoisotopic (exact) mass is 554 g/mol. The molecule has 2 aromatic carbocycles. The number of hydrogen-bond donors (Lipinski definition) is 2. The Labute approximate surface area is 227 Å². The zero-order valence-electron chi connectivity index (χ0n) is 24.1. The summed E-state index contributed by atoms with van der Waals surface area (Å²) in [5.74, 6) is 0. The van der Waals surface area contributed by atoms with E-state index >= 15 is 0 Å². The largest absolute Gasteiger partial charge is 0.523 e. The van der Waals surface area contributed by atoms with Crippen LogP contribution in [0.1, 0.15) is 47.5 Å². The Morgan fingerprint density at radius 2 is 1.14 bits per heavy atom. The topological polar surface area (TPSA) is 93.4 Å². The van der Waals surface area contributed by atoms with Crippen LogP contribution < -0.4 is 11.1 Å². The van der Waals surface area contributed by atoms with Gasteiger partial charge in [0, 0.05) is 58.6 Å². The van der Waals surface area contributed by atoms with Crippen molar-refractivity contribution in [1.29, 1.82) is 0 Å². The molecule has 0 saturated heterocycles. The summed E-state index contributed by atoms with van der Waals surface area (Å²) in [6, 6.07) is 20.4. The zero-order chi connectivity index (χ0) is 28.0. The first-order valence-electron chi connectivity index (χ1n) is 13.1. The van der Waals surface area contributed by atoms with Gasteiger partial charge in [-0.05, 0) is 51.5 Å². The van der Waals surface area contributed by atoms with Crippen LogP contribution in [0, 0.1) is 0 Å². The molecule has 0 spiro atoms. The Morgan fingerprint density at radius 1 is 0.703 bits per heavy atom. The summed E-state index contributed by atoms with van der Waals surface area (Å²) in [6.07, 6.45) is 1.92. The van der Waals surface area contributed by atoms with Crippen LogP contribution in [0.5, 0.6) is 0 Å². The molecule has 0 aromatic heterocycles. The number of nitrogens with one attached hydrogen (secondary N) is 1. The van der Waals surface area contributed by atoms with E-state index in [0.29, 0.717) is 19.8 Å². The number of nitrogen functional groups attached to an aromatic ring is 1. The van der Waals surface area contributed by atoms with E-state index in [1.807, 2.05) is 81.4 Å². The standard InChI is InChI=1S/C12H21NO3Si.C9H22O3Si.C6H7N/c1-5-12(17(14-2,15-3)16-4)13-11-9-7-6-8-10-11;1-5-9-13(10-6-2,11-7-3)12-8-4;7-6-4-2-1-3-5-6/h6-10,12-13H,5H2,1-4H3;5-9H2,1-4H3;1-5H,7H2. The van der Waals surface area contributed by atoms with Gasteiger partial charge in [-0.25, -0.2) is 0 Å². The smallest absolute Gasteiger partial charge is 0.399 e. The molecule has 212 valence electrons. The molecule has 1 atom stereocenters. The third-order valence-electron chi connectivity index (χ3n) is 5.25. The van der Waals surface area contributed by atoms with Crippen molar-refractivity contribution in [3.8, 4) is 0 Å². The first kappa shape index (κ1) is 35.2. The maximum atomic E-state index is 5.65. The van der Waals surface area contributed by atoms with E-state index in [9.17, 15) is 0 Å². The molecule has 10 heteroatoms. The average molecular weight is 555 g/mol. The number of rotatable bonds is 15. The van der Waals surface area contributed by atoms with Crippen molar-refractivity contribution in [3.05, 3.63) is 60.7 Å². The average Bonchev–Trinajstić information content (AvgIpc) is 2.92. The van der Waals surface area contributed by atoms with Gasteiger partial charge in [0.2, 0.25) is 0 Å². The molecular formula is C27H50N2O6Si2. The number of nitrogens with two attached hydrogens (primary N) is 1. The van der Waals surface area contributed by atoms with E-state index in [4.69, 9.17) is 32.3 Å². The lowest BCUT2D eigenvalue weighted by Crippen LogP contribution is -2.57. The Kier molecular flexibility index (Phi) is 20.2. The lowest BCUT2D eigenvalue weighted by atomic mass is 10.3. The van der Waals surface area contributed by atoms with Crippen LogP contribution in [0.25, 0.3) is 0 Å². The van der Waals surface area contributed by atoms with Crippen LogP contribution in [-0.4, -0.2) is 64.4 Å². The molecule has 0 fully saturated rings. The van der Waals surface area contributed by atoms with Crippen LogP contribution in [0.15, 0.2) is 60.7 Å². The molecule has 0 radical (unpaired) electrons. The fraction of sp³-hybridized carbons (Fsp3) is 0.556. The van der Waals surface area contributed by atoms with Gasteiger partial charge in [-0.1, -0.05) is 56.7 Å². The predicted molar refractivity (Wildman–Crippen MR) is 158 cm³/mol. The molecule has 8 nitrogen and oxygen atoms in total. The van der Waals surface area contributed by atoms with Gasteiger partial charge in [-0.2, -0.15) is 0 Å². The molecule has 0 aliphatic heterocycles. The van der Waals surface area contributed by atoms with Crippen LogP contribution in [0.4, 0.5) is 11.4 Å². The highest BCUT2D eigenvalue weighted by atomic mass is 28.4. The highest BCUT2D eigenvalue weighted by molar-refractivity contribution is 6.63. The van der Waals surface area contributed by atoms with Gasteiger partial charge < -0.3 is 37.6 Å². The molecule has 0 saturated carbocycles. The van der Waals surface area contributed by atoms with E-state index in [0.717, 1.165) is 30.3 Å². The van der Waals surface area contributed by atoms with Gasteiger partial charge in [0.05, 0.1) is 5.67 Å². The zero-order valence-corrected chi connectivity index (χ0v) is 26.1. The lowest BCUT2D eigenvalue weighted by Gasteiger charge is -2.32. The van der Waals surface area contributed by atoms with Crippen LogP contribution in [0.3, 0.4) is 0 Å². The minimum Gasteiger partial charge on any atom is -0.399 e. The van der Waals surface area contributed by atoms with Crippen molar-refractivity contribution in [2.75, 3.05) is 52.2 Å². The molecule has 0 aliphatic carbocycles. The second-order valence-electron chi connectivity index (χ2n) is 7.83. The fourth-order valence-corrected chi connectivity index (χ4v) is 8.43. The van der Waals surface area contributed by atoms with E-state index < -0.39 is 17.6 Å². The summed E-state index contributed by atoms with van der Waals surface area (Å²) in [7, 11) is -0.0358. The van der Waals surface area contributed by atoms with Crippen LogP contribution >= 0.6 is 0 Å². The number of anilines is 2. The molecule has 2 rings (SSSR count). The molecule has 2 aromatic rings. The Balaban J connectivity index is 0.000000570. The maximum Gasteiger partial charge on any atom is 0.523 e. The third-order valence-corrected chi connectivity index (χ3v) is 11.7. The summed E-state index contributed by atoms with van der Waals surface area (Å²) in [5, 5.41) is 3.41. The fourth-order valence-electron chi connectivity index (χ4n) is 3.61. The summed E-state index contributed by atoms with van der Waals surface area (Å²) in [6.45, 7) is 12.2. The summed E-state index contributed by atoms with van der Waals surface area (Å²) < 4.78 is 33.4. The van der Waals surface area contributed by atoms with Crippen molar-refractivity contribution < 1.29 is 26.6 Å². The van der Waals surface area contributed by atoms with E-state index in [1.165, 1.54) is 0 Å². The number of para-hydroxylation sites is 2. The Bertz CT molecular complexity index is 732. The highest BCUT2D eigenvalue weighted by Crippen LogP contribution is 2.20. The second-order valence-corrected chi connectivity index (χ2v) is 13.7. The molecule has 0 bridgehead atoms. The minimum atomic E-state index is -2.64. The number of benzene rings is 2. The normalized spacial score (nSPS) is 12.0. The van der Waals surface area contributed by atoms with Crippen molar-refractivity contribution in [3.63, 3.8) is 0 Å².